The maximum absolute atomic E-state index is 5.64. The van der Waals surface area contributed by atoms with Gasteiger partial charge in [0.2, 0.25) is 0 Å². The molecule has 0 bridgehead atoms. The van der Waals surface area contributed by atoms with Gasteiger partial charge in [-0.15, -0.1) is 0 Å². The maximum Gasteiger partial charge on any atom is 0.0597 e. The number of hydrogen-bond donors (Lipinski definition) is 1. The number of fused-ring (bicyclic) bond motifs is 3. The molecule has 0 spiro atoms. The van der Waals surface area contributed by atoms with Gasteiger partial charge in [0.1, 0.15) is 0 Å². The van der Waals surface area contributed by atoms with E-state index in [4.69, 9.17) is 4.74 Å². The third-order valence-electron chi connectivity index (χ3n) is 3.82. The Labute approximate surface area is 114 Å². The second kappa shape index (κ2) is 5.35. The van der Waals surface area contributed by atoms with Gasteiger partial charge in [-0.3, -0.25) is 4.90 Å². The zero-order chi connectivity index (χ0) is 13.2. The standard InChI is InChI=1S/C16H22N2O/c1-12(2)19-10-9-18-8-7-14-13-5-3-4-6-15(13)17-16(14)11-18/h3-6,12,17H,7-11H2,1-2H3. The van der Waals surface area contributed by atoms with Crippen LogP contribution in [0.25, 0.3) is 10.9 Å². The van der Waals surface area contributed by atoms with Crippen LogP contribution in [0.3, 0.4) is 0 Å². The Balaban J connectivity index is 1.70. The van der Waals surface area contributed by atoms with E-state index in [1.54, 1.807) is 0 Å². The second-order valence-electron chi connectivity index (χ2n) is 5.57. The van der Waals surface area contributed by atoms with Crippen LogP contribution in [0.1, 0.15) is 25.1 Å². The topological polar surface area (TPSA) is 28.3 Å². The van der Waals surface area contributed by atoms with E-state index in [2.05, 4.69) is 48.0 Å². The zero-order valence-electron chi connectivity index (χ0n) is 11.8. The molecule has 1 N–H and O–H groups in total. The van der Waals surface area contributed by atoms with Crippen LogP contribution in [0, 0.1) is 0 Å². The number of aromatic nitrogens is 1. The van der Waals surface area contributed by atoms with E-state index >= 15 is 0 Å². The van der Waals surface area contributed by atoms with Gasteiger partial charge in [-0.25, -0.2) is 0 Å². The van der Waals surface area contributed by atoms with Crippen LogP contribution < -0.4 is 0 Å². The predicted molar refractivity (Wildman–Crippen MR) is 78.4 cm³/mol. The van der Waals surface area contributed by atoms with Crippen molar-refractivity contribution in [2.75, 3.05) is 19.7 Å². The predicted octanol–water partition coefficient (Wildman–Crippen LogP) is 2.95. The minimum absolute atomic E-state index is 0.327. The van der Waals surface area contributed by atoms with Crippen molar-refractivity contribution in [3.05, 3.63) is 35.5 Å². The highest BCUT2D eigenvalue weighted by molar-refractivity contribution is 5.84. The number of rotatable bonds is 4. The van der Waals surface area contributed by atoms with E-state index in [9.17, 15) is 0 Å². The fourth-order valence-electron chi connectivity index (χ4n) is 2.86. The quantitative estimate of drug-likeness (QED) is 0.913. The van der Waals surface area contributed by atoms with Gasteiger partial charge in [-0.05, 0) is 31.9 Å². The lowest BCUT2D eigenvalue weighted by atomic mass is 10.0. The molecule has 0 atom stereocenters. The molecule has 1 aliphatic rings. The van der Waals surface area contributed by atoms with E-state index in [0.717, 1.165) is 32.7 Å². The van der Waals surface area contributed by atoms with Crippen LogP contribution in [0.4, 0.5) is 0 Å². The van der Waals surface area contributed by atoms with E-state index in [0.29, 0.717) is 6.10 Å². The van der Waals surface area contributed by atoms with Gasteiger partial charge >= 0.3 is 0 Å². The summed E-state index contributed by atoms with van der Waals surface area (Å²) in [5, 5.41) is 1.40. The Bertz CT molecular complexity index is 559. The van der Waals surface area contributed by atoms with Gasteiger partial charge in [0.05, 0.1) is 12.7 Å². The molecular formula is C16H22N2O. The first-order valence-electron chi connectivity index (χ1n) is 7.16. The lowest BCUT2D eigenvalue weighted by molar-refractivity contribution is 0.0561. The molecule has 3 rings (SSSR count). The van der Waals surface area contributed by atoms with Crippen molar-refractivity contribution < 1.29 is 4.74 Å². The maximum atomic E-state index is 5.64. The largest absolute Gasteiger partial charge is 0.377 e. The number of para-hydroxylation sites is 1. The van der Waals surface area contributed by atoms with Crippen LogP contribution >= 0.6 is 0 Å². The molecule has 3 nitrogen and oxygen atoms in total. The third kappa shape index (κ3) is 2.67. The molecule has 19 heavy (non-hydrogen) atoms. The van der Waals surface area contributed by atoms with Crippen LogP contribution in [-0.2, 0) is 17.7 Å². The third-order valence-corrected chi connectivity index (χ3v) is 3.82. The van der Waals surface area contributed by atoms with Crippen molar-refractivity contribution in [1.29, 1.82) is 0 Å². The minimum atomic E-state index is 0.327. The number of H-pyrrole nitrogens is 1. The zero-order valence-corrected chi connectivity index (χ0v) is 11.8. The molecule has 2 heterocycles. The average molecular weight is 258 g/mol. The monoisotopic (exact) mass is 258 g/mol. The van der Waals surface area contributed by atoms with E-state index in [1.165, 1.54) is 22.2 Å². The van der Waals surface area contributed by atoms with Crippen molar-refractivity contribution in [3.8, 4) is 0 Å². The Morgan fingerprint density at radius 2 is 2.16 bits per heavy atom. The summed E-state index contributed by atoms with van der Waals surface area (Å²) in [4.78, 5) is 6.04. The molecule has 0 fully saturated rings. The molecular weight excluding hydrogens is 236 g/mol. The fourth-order valence-corrected chi connectivity index (χ4v) is 2.86. The molecule has 0 saturated carbocycles. The van der Waals surface area contributed by atoms with Gasteiger partial charge in [-0.2, -0.15) is 0 Å². The molecule has 2 aromatic rings. The van der Waals surface area contributed by atoms with E-state index in [1.807, 2.05) is 0 Å². The van der Waals surface area contributed by atoms with Gasteiger partial charge in [0, 0.05) is 36.2 Å². The highest BCUT2D eigenvalue weighted by Crippen LogP contribution is 2.27. The Morgan fingerprint density at radius 1 is 1.32 bits per heavy atom. The van der Waals surface area contributed by atoms with Gasteiger partial charge < -0.3 is 9.72 Å². The molecule has 1 aromatic carbocycles. The van der Waals surface area contributed by atoms with Crippen molar-refractivity contribution in [1.82, 2.24) is 9.88 Å². The summed E-state index contributed by atoms with van der Waals surface area (Å²) in [6, 6.07) is 8.61. The summed E-state index contributed by atoms with van der Waals surface area (Å²) in [7, 11) is 0. The van der Waals surface area contributed by atoms with Gasteiger partial charge in [0.25, 0.3) is 0 Å². The molecule has 0 saturated heterocycles. The first-order valence-corrected chi connectivity index (χ1v) is 7.16. The van der Waals surface area contributed by atoms with Crippen LogP contribution in [0.15, 0.2) is 24.3 Å². The summed E-state index contributed by atoms with van der Waals surface area (Å²) in [5.74, 6) is 0. The number of aromatic amines is 1. The summed E-state index contributed by atoms with van der Waals surface area (Å²) < 4.78 is 5.64. The van der Waals surface area contributed by atoms with Crippen LogP contribution in [-0.4, -0.2) is 35.7 Å². The average Bonchev–Trinajstić information content (AvgIpc) is 2.76. The van der Waals surface area contributed by atoms with E-state index < -0.39 is 0 Å². The smallest absolute Gasteiger partial charge is 0.0597 e. The lowest BCUT2D eigenvalue weighted by Gasteiger charge is -2.27. The molecule has 0 amide bonds. The normalized spacial score (nSPS) is 16.2. The van der Waals surface area contributed by atoms with Crippen molar-refractivity contribution >= 4 is 10.9 Å². The summed E-state index contributed by atoms with van der Waals surface area (Å²) >= 11 is 0. The van der Waals surface area contributed by atoms with Crippen molar-refractivity contribution in [2.24, 2.45) is 0 Å². The first-order chi connectivity index (χ1) is 9.24. The summed E-state index contributed by atoms with van der Waals surface area (Å²) in [6.45, 7) is 8.18. The number of benzene rings is 1. The molecule has 3 heteroatoms. The molecule has 1 aliphatic heterocycles. The van der Waals surface area contributed by atoms with Gasteiger partial charge in [0.15, 0.2) is 0 Å². The Kier molecular flexibility index (Phi) is 3.58. The summed E-state index contributed by atoms with van der Waals surface area (Å²) in [5.41, 5.74) is 4.17. The Hall–Kier alpha value is -1.32. The first kappa shape index (κ1) is 12.7. The minimum Gasteiger partial charge on any atom is -0.377 e. The van der Waals surface area contributed by atoms with E-state index in [-0.39, 0.29) is 0 Å². The highest BCUT2D eigenvalue weighted by Gasteiger charge is 2.19. The van der Waals surface area contributed by atoms with Gasteiger partial charge in [-0.1, -0.05) is 18.2 Å². The number of nitrogens with one attached hydrogen (secondary N) is 1. The van der Waals surface area contributed by atoms with Crippen molar-refractivity contribution in [2.45, 2.75) is 32.9 Å². The number of hydrogen-bond acceptors (Lipinski definition) is 2. The number of nitrogens with zero attached hydrogens (tertiary/aromatic N) is 1. The fraction of sp³-hybridized carbons (Fsp3) is 0.500. The molecule has 1 aromatic heterocycles. The van der Waals surface area contributed by atoms with Crippen LogP contribution in [0.2, 0.25) is 0 Å². The van der Waals surface area contributed by atoms with Crippen molar-refractivity contribution in [3.63, 3.8) is 0 Å². The number of ether oxygens (including phenoxy) is 1. The van der Waals surface area contributed by atoms with Crippen LogP contribution in [0.5, 0.6) is 0 Å². The molecule has 0 radical (unpaired) electrons. The molecule has 0 unspecified atom stereocenters. The lowest BCUT2D eigenvalue weighted by Crippen LogP contribution is -2.33. The molecule has 102 valence electrons. The SMILES string of the molecule is CC(C)OCCN1CCc2c([nH]c3ccccc23)C1. The summed E-state index contributed by atoms with van der Waals surface area (Å²) in [6.07, 6.45) is 1.47. The molecule has 0 aliphatic carbocycles. The highest BCUT2D eigenvalue weighted by atomic mass is 16.5. The second-order valence-corrected chi connectivity index (χ2v) is 5.57. The Morgan fingerprint density at radius 3 is 3.00 bits per heavy atom.